The van der Waals surface area contributed by atoms with E-state index in [1.807, 2.05) is 47.2 Å². The number of urea groups is 1. The largest absolute Gasteiger partial charge is 0.416 e. The molecule has 2 heterocycles. The first kappa shape index (κ1) is 21.8. The summed E-state index contributed by atoms with van der Waals surface area (Å²) in [4.78, 5) is 15.1. The van der Waals surface area contributed by atoms with Crippen molar-refractivity contribution in [3.63, 3.8) is 0 Å². The number of fused-ring (bicyclic) bond motifs is 3. The SMILES string of the molecule is O=C(Nc1cccc(C(F)(F)F)c1)N1Cc2ccccc2-n2cccc2[C@H]1c1ccc(F)cc1. The van der Waals surface area contributed by atoms with Gasteiger partial charge in [0.15, 0.2) is 0 Å². The Kier molecular flexibility index (Phi) is 5.36. The van der Waals surface area contributed by atoms with Gasteiger partial charge >= 0.3 is 12.2 Å². The fourth-order valence-electron chi connectivity index (χ4n) is 4.30. The summed E-state index contributed by atoms with van der Waals surface area (Å²) < 4.78 is 55.2. The van der Waals surface area contributed by atoms with Crippen molar-refractivity contribution in [1.82, 2.24) is 9.47 Å². The Hall–Kier alpha value is -4.07. The Morgan fingerprint density at radius 2 is 1.68 bits per heavy atom. The number of alkyl halides is 3. The second-order valence-electron chi connectivity index (χ2n) is 8.02. The van der Waals surface area contributed by atoms with E-state index >= 15 is 0 Å². The third kappa shape index (κ3) is 4.03. The molecular weight excluding hydrogens is 446 g/mol. The van der Waals surface area contributed by atoms with Gasteiger partial charge < -0.3 is 14.8 Å². The van der Waals surface area contributed by atoms with Crippen molar-refractivity contribution in [2.75, 3.05) is 5.32 Å². The van der Waals surface area contributed by atoms with Crippen LogP contribution < -0.4 is 5.32 Å². The van der Waals surface area contributed by atoms with Crippen LogP contribution in [0, 0.1) is 5.82 Å². The minimum absolute atomic E-state index is 0.0330. The summed E-state index contributed by atoms with van der Waals surface area (Å²) in [6.45, 7) is 0.199. The van der Waals surface area contributed by atoms with Gasteiger partial charge in [-0.2, -0.15) is 13.2 Å². The van der Waals surface area contributed by atoms with Crippen LogP contribution in [0.4, 0.5) is 28.0 Å². The summed E-state index contributed by atoms with van der Waals surface area (Å²) in [5.41, 5.74) is 2.39. The third-order valence-corrected chi connectivity index (χ3v) is 5.85. The number of aromatic nitrogens is 1. The molecule has 34 heavy (non-hydrogen) atoms. The highest BCUT2D eigenvalue weighted by molar-refractivity contribution is 5.90. The van der Waals surface area contributed by atoms with E-state index in [2.05, 4.69) is 5.32 Å². The molecule has 5 rings (SSSR count). The second kappa shape index (κ2) is 8.37. The minimum atomic E-state index is -4.53. The number of carbonyl (C=O) groups excluding carboxylic acids is 1. The van der Waals surface area contributed by atoms with Crippen molar-refractivity contribution < 1.29 is 22.4 Å². The van der Waals surface area contributed by atoms with Crippen LogP contribution in [0.1, 0.15) is 28.4 Å². The Bertz CT molecular complexity index is 1340. The molecule has 1 atom stereocenters. The van der Waals surface area contributed by atoms with Crippen LogP contribution in [0.2, 0.25) is 0 Å². The lowest BCUT2D eigenvalue weighted by molar-refractivity contribution is -0.137. The van der Waals surface area contributed by atoms with Gasteiger partial charge in [0, 0.05) is 17.6 Å². The molecule has 4 aromatic rings. The molecule has 0 fully saturated rings. The number of carbonyl (C=O) groups is 1. The standard InChI is InChI=1S/C26H19F4N3O/c27-20-12-10-17(11-13-20)24-23-9-4-14-32(23)22-8-2-1-5-18(22)16-33(24)25(34)31-21-7-3-6-19(15-21)26(28,29)30/h1-15,24H,16H2,(H,31,34)/t24-/m1/s1. The molecule has 1 N–H and O–H groups in total. The van der Waals surface area contributed by atoms with Gasteiger partial charge in [0.05, 0.1) is 23.8 Å². The first-order valence-corrected chi connectivity index (χ1v) is 10.6. The number of amides is 2. The zero-order valence-electron chi connectivity index (χ0n) is 17.8. The van der Waals surface area contributed by atoms with Crippen molar-refractivity contribution in [1.29, 1.82) is 0 Å². The molecule has 0 saturated carbocycles. The summed E-state index contributed by atoms with van der Waals surface area (Å²) >= 11 is 0. The summed E-state index contributed by atoms with van der Waals surface area (Å²) in [6, 6.07) is 20.5. The molecule has 8 heteroatoms. The van der Waals surface area contributed by atoms with E-state index in [9.17, 15) is 22.4 Å². The zero-order chi connectivity index (χ0) is 23.9. The average Bonchev–Trinajstić information content (AvgIpc) is 3.24. The van der Waals surface area contributed by atoms with Crippen molar-refractivity contribution in [3.05, 3.63) is 119 Å². The molecule has 1 aliphatic rings. The fourth-order valence-corrected chi connectivity index (χ4v) is 4.30. The van der Waals surface area contributed by atoms with E-state index in [4.69, 9.17) is 0 Å². The number of hydrogen-bond acceptors (Lipinski definition) is 1. The summed E-state index contributed by atoms with van der Waals surface area (Å²) in [6.07, 6.45) is -2.64. The quantitative estimate of drug-likeness (QED) is 0.326. The van der Waals surface area contributed by atoms with E-state index in [0.717, 1.165) is 29.1 Å². The van der Waals surface area contributed by atoms with Gasteiger partial charge in [0.2, 0.25) is 0 Å². The molecule has 0 radical (unpaired) electrons. The number of nitrogens with one attached hydrogen (secondary N) is 1. The Labute approximate surface area is 193 Å². The van der Waals surface area contributed by atoms with Gasteiger partial charge in [0.1, 0.15) is 5.82 Å². The molecule has 0 saturated heterocycles. The van der Waals surface area contributed by atoms with Gasteiger partial charge in [-0.1, -0.05) is 36.4 Å². The number of halogens is 4. The lowest BCUT2D eigenvalue weighted by Crippen LogP contribution is -2.38. The average molecular weight is 465 g/mol. The number of nitrogens with zero attached hydrogens (tertiary/aromatic N) is 2. The lowest BCUT2D eigenvalue weighted by Gasteiger charge is -2.31. The molecule has 4 nitrogen and oxygen atoms in total. The fraction of sp³-hybridized carbons (Fsp3) is 0.115. The number of para-hydroxylation sites is 1. The van der Waals surface area contributed by atoms with Gasteiger partial charge in [-0.05, 0) is 59.7 Å². The molecule has 0 unspecified atom stereocenters. The van der Waals surface area contributed by atoms with Crippen LogP contribution in [0.25, 0.3) is 5.69 Å². The minimum Gasteiger partial charge on any atom is -0.318 e. The van der Waals surface area contributed by atoms with Crippen molar-refractivity contribution in [3.8, 4) is 5.69 Å². The highest BCUT2D eigenvalue weighted by Crippen LogP contribution is 2.37. The van der Waals surface area contributed by atoms with Gasteiger partial charge in [-0.3, -0.25) is 0 Å². The van der Waals surface area contributed by atoms with E-state index in [-0.39, 0.29) is 12.2 Å². The van der Waals surface area contributed by atoms with E-state index in [1.54, 1.807) is 17.0 Å². The number of hydrogen-bond donors (Lipinski definition) is 1. The first-order valence-electron chi connectivity index (χ1n) is 10.6. The van der Waals surface area contributed by atoms with Crippen molar-refractivity contribution in [2.24, 2.45) is 0 Å². The summed E-state index contributed by atoms with van der Waals surface area (Å²) in [5, 5.41) is 2.62. The van der Waals surface area contributed by atoms with Crippen LogP contribution in [0.5, 0.6) is 0 Å². The summed E-state index contributed by atoms with van der Waals surface area (Å²) in [7, 11) is 0. The van der Waals surface area contributed by atoms with Crippen LogP contribution in [0.15, 0.2) is 91.1 Å². The topological polar surface area (TPSA) is 37.3 Å². The number of benzene rings is 3. The number of anilines is 1. The maximum Gasteiger partial charge on any atom is 0.416 e. The Morgan fingerprint density at radius 3 is 2.44 bits per heavy atom. The smallest absolute Gasteiger partial charge is 0.318 e. The van der Waals surface area contributed by atoms with E-state index < -0.39 is 29.6 Å². The first-order chi connectivity index (χ1) is 16.3. The zero-order valence-corrected chi connectivity index (χ0v) is 17.8. The predicted molar refractivity (Wildman–Crippen MR) is 120 cm³/mol. The number of rotatable bonds is 2. The highest BCUT2D eigenvalue weighted by Gasteiger charge is 2.34. The van der Waals surface area contributed by atoms with E-state index in [0.29, 0.717) is 5.56 Å². The maximum absolute atomic E-state index is 13.7. The molecule has 0 bridgehead atoms. The molecule has 172 valence electrons. The Balaban J connectivity index is 1.59. The lowest BCUT2D eigenvalue weighted by atomic mass is 10.0. The van der Waals surface area contributed by atoms with Gasteiger partial charge in [0.25, 0.3) is 0 Å². The monoisotopic (exact) mass is 465 g/mol. The van der Waals surface area contributed by atoms with Gasteiger partial charge in [-0.15, -0.1) is 0 Å². The highest BCUT2D eigenvalue weighted by atomic mass is 19.4. The normalized spacial score (nSPS) is 15.3. The molecular formula is C26H19F4N3O. The van der Waals surface area contributed by atoms with E-state index in [1.165, 1.54) is 24.3 Å². The molecule has 3 aromatic carbocycles. The van der Waals surface area contributed by atoms with Gasteiger partial charge in [-0.25, -0.2) is 9.18 Å². The van der Waals surface area contributed by atoms with Crippen LogP contribution >= 0.6 is 0 Å². The Morgan fingerprint density at radius 1 is 0.912 bits per heavy atom. The van der Waals surface area contributed by atoms with Crippen molar-refractivity contribution >= 4 is 11.7 Å². The molecule has 0 aliphatic carbocycles. The molecule has 2 amide bonds. The molecule has 0 spiro atoms. The predicted octanol–water partition coefficient (Wildman–Crippen LogP) is 6.77. The second-order valence-corrected chi connectivity index (χ2v) is 8.02. The third-order valence-electron chi connectivity index (χ3n) is 5.85. The van der Waals surface area contributed by atoms with Crippen LogP contribution in [0.3, 0.4) is 0 Å². The molecule has 1 aliphatic heterocycles. The summed E-state index contributed by atoms with van der Waals surface area (Å²) in [5.74, 6) is -0.406. The maximum atomic E-state index is 13.7. The van der Waals surface area contributed by atoms with Crippen LogP contribution in [-0.2, 0) is 12.7 Å². The molecule has 1 aromatic heterocycles. The van der Waals surface area contributed by atoms with Crippen molar-refractivity contribution in [2.45, 2.75) is 18.8 Å². The van der Waals surface area contributed by atoms with Crippen LogP contribution in [-0.4, -0.2) is 15.5 Å².